The highest BCUT2D eigenvalue weighted by Gasteiger charge is 2.57. The maximum absolute atomic E-state index is 11.7. The van der Waals surface area contributed by atoms with E-state index in [1.54, 1.807) is 0 Å². The number of ether oxygens (including phenoxy) is 5. The number of rotatable bonds is 1. The van der Waals surface area contributed by atoms with Crippen LogP contribution in [0.4, 0.5) is 0 Å². The molecule has 6 heteroatoms. The van der Waals surface area contributed by atoms with Crippen LogP contribution in [0.1, 0.15) is 64.7 Å². The Morgan fingerprint density at radius 2 is 1.31 bits per heavy atom. The van der Waals surface area contributed by atoms with Gasteiger partial charge in [-0.2, -0.15) is 0 Å². The molecular weight excluding hydrogens is 408 g/mol. The fourth-order valence-electron chi connectivity index (χ4n) is 7.09. The summed E-state index contributed by atoms with van der Waals surface area (Å²) in [7, 11) is 0. The third-order valence-electron chi connectivity index (χ3n) is 8.97. The molecule has 3 saturated heterocycles. The van der Waals surface area contributed by atoms with Gasteiger partial charge in [0.1, 0.15) is 17.2 Å². The van der Waals surface area contributed by atoms with Crippen LogP contribution in [-0.2, 0) is 32.7 Å². The molecular formula is C26H36O6. The van der Waals surface area contributed by atoms with Gasteiger partial charge in [-0.1, -0.05) is 20.8 Å². The molecule has 0 amide bonds. The number of phenols is 1. The summed E-state index contributed by atoms with van der Waals surface area (Å²) in [5.74, 6) is 1.94. The standard InChI is InChI=1S/C26H36O6/c1-13-9-24(4,28-10-13)20-21(27)16-7-18-14(2)11-29-25(18,5)31-22(16)17-8-19-15(3)12-30-26(19,6)32-23(17)20/h13-15,18-19,27H,7-12H2,1-6H3/t13-,14+,15+,18-,19-,24-,25-,26-/m1/s1. The molecule has 5 aliphatic rings. The van der Waals surface area contributed by atoms with E-state index >= 15 is 0 Å². The van der Waals surface area contributed by atoms with E-state index in [9.17, 15) is 5.11 Å². The summed E-state index contributed by atoms with van der Waals surface area (Å²) in [4.78, 5) is 0. The maximum atomic E-state index is 11.7. The summed E-state index contributed by atoms with van der Waals surface area (Å²) in [5.41, 5.74) is 2.10. The van der Waals surface area contributed by atoms with Gasteiger partial charge in [-0.05, 0) is 43.9 Å². The molecule has 0 unspecified atom stereocenters. The molecule has 0 saturated carbocycles. The van der Waals surface area contributed by atoms with Crippen molar-refractivity contribution in [1.29, 1.82) is 0 Å². The van der Waals surface area contributed by atoms with Crippen LogP contribution in [-0.4, -0.2) is 36.5 Å². The summed E-state index contributed by atoms with van der Waals surface area (Å²) >= 11 is 0. The molecule has 3 fully saturated rings. The summed E-state index contributed by atoms with van der Waals surface area (Å²) in [6.07, 6.45) is 2.37. The zero-order valence-corrected chi connectivity index (χ0v) is 20.1. The number of benzene rings is 1. The first-order chi connectivity index (χ1) is 15.0. The van der Waals surface area contributed by atoms with Crippen molar-refractivity contribution in [2.45, 2.75) is 78.0 Å². The summed E-state index contributed by atoms with van der Waals surface area (Å²) in [6.45, 7) is 14.8. The molecule has 5 heterocycles. The van der Waals surface area contributed by atoms with Gasteiger partial charge in [0.25, 0.3) is 0 Å². The molecule has 176 valence electrons. The Hall–Kier alpha value is -1.50. The fraction of sp³-hybridized carbons (Fsp3) is 0.769. The van der Waals surface area contributed by atoms with Crippen LogP contribution >= 0.6 is 0 Å². The van der Waals surface area contributed by atoms with E-state index in [-0.39, 0.29) is 17.6 Å². The van der Waals surface area contributed by atoms with Gasteiger partial charge in [0.2, 0.25) is 11.6 Å². The summed E-state index contributed by atoms with van der Waals surface area (Å²) in [6, 6.07) is 0. The first-order valence-electron chi connectivity index (χ1n) is 12.3. The SMILES string of the molecule is C[C@H]1CO[C@@](C)(c2c(O)c3c(c4c2O[C@@]2(C)OC[C@H](C)[C@H]2C4)O[C@@]2(C)OC[C@H](C)[C@H]2C3)C1. The second-order valence-electron chi connectivity index (χ2n) is 11.6. The number of phenolic OH excluding ortho intramolecular Hbond substituents is 1. The predicted octanol–water partition coefficient (Wildman–Crippen LogP) is 4.53. The molecule has 0 radical (unpaired) electrons. The maximum Gasteiger partial charge on any atom is 0.211 e. The molecule has 6 nitrogen and oxygen atoms in total. The van der Waals surface area contributed by atoms with Crippen molar-refractivity contribution in [3.8, 4) is 17.2 Å². The predicted molar refractivity (Wildman–Crippen MR) is 118 cm³/mol. The number of aromatic hydroxyl groups is 1. The van der Waals surface area contributed by atoms with E-state index < -0.39 is 17.2 Å². The highest BCUT2D eigenvalue weighted by atomic mass is 16.7. The van der Waals surface area contributed by atoms with Gasteiger partial charge in [0, 0.05) is 36.8 Å². The highest BCUT2D eigenvalue weighted by molar-refractivity contribution is 5.66. The number of fused-ring (bicyclic) bond motifs is 5. The zero-order valence-electron chi connectivity index (χ0n) is 20.1. The van der Waals surface area contributed by atoms with Crippen LogP contribution < -0.4 is 9.47 Å². The third-order valence-corrected chi connectivity index (χ3v) is 8.97. The van der Waals surface area contributed by atoms with Crippen molar-refractivity contribution in [3.05, 3.63) is 16.7 Å². The Morgan fingerprint density at radius 1 is 0.750 bits per heavy atom. The first kappa shape index (κ1) is 21.1. The van der Waals surface area contributed by atoms with Gasteiger partial charge in [0.05, 0.1) is 31.0 Å². The zero-order chi connectivity index (χ0) is 22.6. The lowest BCUT2D eigenvalue weighted by Crippen LogP contribution is -2.47. The molecule has 32 heavy (non-hydrogen) atoms. The number of hydrogen-bond acceptors (Lipinski definition) is 6. The minimum absolute atomic E-state index is 0.200. The Balaban J connectivity index is 1.57. The van der Waals surface area contributed by atoms with Crippen molar-refractivity contribution in [2.75, 3.05) is 19.8 Å². The molecule has 1 aromatic rings. The van der Waals surface area contributed by atoms with Crippen LogP contribution in [0.2, 0.25) is 0 Å². The average molecular weight is 445 g/mol. The van der Waals surface area contributed by atoms with E-state index in [0.717, 1.165) is 41.7 Å². The van der Waals surface area contributed by atoms with Gasteiger partial charge in [-0.3, -0.25) is 0 Å². The average Bonchev–Trinajstić information content (AvgIpc) is 3.33. The lowest BCUT2D eigenvalue weighted by molar-refractivity contribution is -0.175. The van der Waals surface area contributed by atoms with Gasteiger partial charge >= 0.3 is 0 Å². The van der Waals surface area contributed by atoms with Gasteiger partial charge in [-0.15, -0.1) is 0 Å². The van der Waals surface area contributed by atoms with Crippen LogP contribution in [0.15, 0.2) is 0 Å². The van der Waals surface area contributed by atoms with E-state index in [0.29, 0.717) is 43.3 Å². The lowest BCUT2D eigenvalue weighted by atomic mass is 9.75. The Labute approximate surface area is 190 Å². The van der Waals surface area contributed by atoms with Crippen LogP contribution in [0.5, 0.6) is 17.2 Å². The lowest BCUT2D eigenvalue weighted by Gasteiger charge is -2.45. The highest BCUT2D eigenvalue weighted by Crippen LogP contribution is 2.60. The molecule has 5 aliphatic heterocycles. The van der Waals surface area contributed by atoms with E-state index in [1.165, 1.54) is 0 Å². The van der Waals surface area contributed by atoms with Crippen molar-refractivity contribution >= 4 is 0 Å². The Bertz CT molecular complexity index is 976. The summed E-state index contributed by atoms with van der Waals surface area (Å²) in [5, 5.41) is 11.7. The molecule has 0 aromatic heterocycles. The monoisotopic (exact) mass is 444 g/mol. The smallest absolute Gasteiger partial charge is 0.211 e. The molecule has 0 aliphatic carbocycles. The van der Waals surface area contributed by atoms with Crippen molar-refractivity contribution < 1.29 is 28.8 Å². The van der Waals surface area contributed by atoms with Crippen LogP contribution in [0.3, 0.4) is 0 Å². The molecule has 0 bridgehead atoms. The van der Waals surface area contributed by atoms with E-state index in [4.69, 9.17) is 23.7 Å². The van der Waals surface area contributed by atoms with Crippen molar-refractivity contribution in [2.24, 2.45) is 29.6 Å². The summed E-state index contributed by atoms with van der Waals surface area (Å²) < 4.78 is 32.0. The molecule has 1 aromatic carbocycles. The Morgan fingerprint density at radius 3 is 1.88 bits per heavy atom. The first-order valence-corrected chi connectivity index (χ1v) is 12.3. The minimum Gasteiger partial charge on any atom is -0.507 e. The third kappa shape index (κ3) is 2.69. The van der Waals surface area contributed by atoms with E-state index in [2.05, 4.69) is 27.7 Å². The number of hydrogen-bond donors (Lipinski definition) is 1. The van der Waals surface area contributed by atoms with E-state index in [1.807, 2.05) is 13.8 Å². The largest absolute Gasteiger partial charge is 0.507 e. The minimum atomic E-state index is -0.706. The van der Waals surface area contributed by atoms with Gasteiger partial charge in [-0.25, -0.2) is 0 Å². The molecule has 0 spiro atoms. The second kappa shape index (κ2) is 6.55. The quantitative estimate of drug-likeness (QED) is 0.687. The fourth-order valence-corrected chi connectivity index (χ4v) is 7.09. The molecule has 8 atom stereocenters. The van der Waals surface area contributed by atoms with Crippen LogP contribution in [0, 0.1) is 29.6 Å². The topological polar surface area (TPSA) is 66.4 Å². The second-order valence-corrected chi connectivity index (χ2v) is 11.6. The van der Waals surface area contributed by atoms with Crippen LogP contribution in [0.25, 0.3) is 0 Å². The van der Waals surface area contributed by atoms with Crippen molar-refractivity contribution in [1.82, 2.24) is 0 Å². The normalized spacial score (nSPS) is 46.6. The molecule has 6 rings (SSSR count). The molecule has 1 N–H and O–H groups in total. The van der Waals surface area contributed by atoms with Gasteiger partial charge in [0.15, 0.2) is 0 Å². The van der Waals surface area contributed by atoms with Gasteiger partial charge < -0.3 is 28.8 Å². The van der Waals surface area contributed by atoms with Crippen molar-refractivity contribution in [3.63, 3.8) is 0 Å². The Kier molecular flexibility index (Phi) is 4.31.